The van der Waals surface area contributed by atoms with Gasteiger partial charge in [0.1, 0.15) is 12.4 Å². The molecule has 0 atom stereocenters. The van der Waals surface area contributed by atoms with E-state index < -0.39 is 17.5 Å². The quantitative estimate of drug-likeness (QED) is 0.160. The molecule has 1 saturated carbocycles. The van der Waals surface area contributed by atoms with E-state index >= 15 is 8.78 Å². The Hall–Kier alpha value is -3.25. The largest absolute Gasteiger partial charge is 0.490 e. The van der Waals surface area contributed by atoms with Crippen molar-refractivity contribution >= 4 is 0 Å². The molecule has 0 aromatic heterocycles. The van der Waals surface area contributed by atoms with E-state index in [4.69, 9.17) is 14.2 Å². The van der Waals surface area contributed by atoms with Crippen LogP contribution in [0, 0.1) is 17.5 Å². The predicted octanol–water partition coefficient (Wildman–Crippen LogP) is 9.15. The SMILES string of the molecule is C=CCCOc1ccc(COc2ccc(-c3ccc(C4CCC(OCCCC)CC4)c(F)c3F)cc2)cc1F. The summed E-state index contributed by atoms with van der Waals surface area (Å²) < 4.78 is 61.6. The maximum atomic E-state index is 15.1. The van der Waals surface area contributed by atoms with E-state index in [1.807, 2.05) is 0 Å². The third-order valence-corrected chi connectivity index (χ3v) is 7.22. The van der Waals surface area contributed by atoms with E-state index in [2.05, 4.69) is 13.5 Å². The Morgan fingerprint density at radius 2 is 1.64 bits per heavy atom. The molecule has 1 aliphatic rings. The van der Waals surface area contributed by atoms with Gasteiger partial charge in [0.15, 0.2) is 23.2 Å². The van der Waals surface area contributed by atoms with Crippen LogP contribution >= 0.6 is 0 Å². The van der Waals surface area contributed by atoms with Gasteiger partial charge >= 0.3 is 0 Å². The summed E-state index contributed by atoms with van der Waals surface area (Å²) in [6.45, 7) is 7.05. The lowest BCUT2D eigenvalue weighted by Gasteiger charge is -2.29. The van der Waals surface area contributed by atoms with E-state index in [1.54, 1.807) is 54.6 Å². The highest BCUT2D eigenvalue weighted by Crippen LogP contribution is 2.38. The first-order valence-electron chi connectivity index (χ1n) is 13.8. The summed E-state index contributed by atoms with van der Waals surface area (Å²) in [5, 5.41) is 0. The molecule has 3 aromatic carbocycles. The van der Waals surface area contributed by atoms with Crippen LogP contribution in [0.3, 0.4) is 0 Å². The molecule has 0 heterocycles. The Labute approximate surface area is 229 Å². The zero-order chi connectivity index (χ0) is 27.6. The molecule has 208 valence electrons. The molecule has 0 radical (unpaired) electrons. The number of hydrogen-bond acceptors (Lipinski definition) is 3. The predicted molar refractivity (Wildman–Crippen MR) is 149 cm³/mol. The summed E-state index contributed by atoms with van der Waals surface area (Å²) in [7, 11) is 0. The fraction of sp³-hybridized carbons (Fsp3) is 0.394. The van der Waals surface area contributed by atoms with Crippen molar-refractivity contribution in [2.24, 2.45) is 0 Å². The van der Waals surface area contributed by atoms with Gasteiger partial charge in [0.2, 0.25) is 0 Å². The lowest BCUT2D eigenvalue weighted by atomic mass is 9.82. The molecular weight excluding hydrogens is 501 g/mol. The van der Waals surface area contributed by atoms with Gasteiger partial charge in [0, 0.05) is 12.2 Å². The first-order chi connectivity index (χ1) is 19.0. The van der Waals surface area contributed by atoms with Gasteiger partial charge in [0.05, 0.1) is 12.7 Å². The van der Waals surface area contributed by atoms with Gasteiger partial charge in [-0.1, -0.05) is 49.8 Å². The monoisotopic (exact) mass is 538 g/mol. The molecule has 3 nitrogen and oxygen atoms in total. The lowest BCUT2D eigenvalue weighted by molar-refractivity contribution is 0.0230. The van der Waals surface area contributed by atoms with E-state index in [0.717, 1.165) is 45.1 Å². The second-order valence-electron chi connectivity index (χ2n) is 10.0. The number of hydrogen-bond donors (Lipinski definition) is 0. The minimum Gasteiger partial charge on any atom is -0.490 e. The maximum Gasteiger partial charge on any atom is 0.166 e. The van der Waals surface area contributed by atoms with Crippen LogP contribution in [-0.4, -0.2) is 19.3 Å². The fourth-order valence-corrected chi connectivity index (χ4v) is 4.94. The van der Waals surface area contributed by atoms with Crippen molar-refractivity contribution in [1.82, 2.24) is 0 Å². The second-order valence-corrected chi connectivity index (χ2v) is 10.0. The molecule has 0 saturated heterocycles. The van der Waals surface area contributed by atoms with Gasteiger partial charge in [-0.05, 0) is 85.4 Å². The maximum absolute atomic E-state index is 15.1. The van der Waals surface area contributed by atoms with Crippen LogP contribution in [-0.2, 0) is 11.3 Å². The average Bonchev–Trinajstić information content (AvgIpc) is 2.95. The number of unbranched alkanes of at least 4 members (excludes halogenated alkanes) is 1. The Kier molecular flexibility index (Phi) is 10.5. The number of benzene rings is 3. The summed E-state index contributed by atoms with van der Waals surface area (Å²) in [6.07, 6.45) is 8.07. The van der Waals surface area contributed by atoms with E-state index in [0.29, 0.717) is 35.5 Å². The van der Waals surface area contributed by atoms with E-state index in [1.165, 1.54) is 6.07 Å². The summed E-state index contributed by atoms with van der Waals surface area (Å²) in [5.41, 5.74) is 1.88. The van der Waals surface area contributed by atoms with Gasteiger partial charge in [-0.2, -0.15) is 0 Å². The van der Waals surface area contributed by atoms with Crippen LogP contribution in [0.15, 0.2) is 67.3 Å². The topological polar surface area (TPSA) is 27.7 Å². The van der Waals surface area contributed by atoms with Crippen molar-refractivity contribution in [1.29, 1.82) is 0 Å². The van der Waals surface area contributed by atoms with Gasteiger partial charge in [0.25, 0.3) is 0 Å². The van der Waals surface area contributed by atoms with Gasteiger partial charge in [-0.15, -0.1) is 6.58 Å². The zero-order valence-electron chi connectivity index (χ0n) is 22.6. The Balaban J connectivity index is 1.34. The van der Waals surface area contributed by atoms with Crippen molar-refractivity contribution in [2.45, 2.75) is 70.5 Å². The van der Waals surface area contributed by atoms with E-state index in [9.17, 15) is 4.39 Å². The summed E-state index contributed by atoms with van der Waals surface area (Å²) in [4.78, 5) is 0. The number of rotatable bonds is 13. The highest BCUT2D eigenvalue weighted by molar-refractivity contribution is 5.65. The average molecular weight is 539 g/mol. The molecule has 6 heteroatoms. The van der Waals surface area contributed by atoms with E-state index in [-0.39, 0.29) is 29.9 Å². The minimum atomic E-state index is -0.826. The first kappa shape index (κ1) is 28.8. The molecule has 0 aliphatic heterocycles. The molecule has 0 amide bonds. The van der Waals surface area contributed by atoms with Crippen molar-refractivity contribution in [3.05, 3.63) is 95.8 Å². The molecule has 0 bridgehead atoms. The zero-order valence-corrected chi connectivity index (χ0v) is 22.6. The minimum absolute atomic E-state index is 0.00737. The molecule has 39 heavy (non-hydrogen) atoms. The molecule has 0 N–H and O–H groups in total. The van der Waals surface area contributed by atoms with Crippen LogP contribution in [0.4, 0.5) is 13.2 Å². The fourth-order valence-electron chi connectivity index (χ4n) is 4.94. The second kappa shape index (κ2) is 14.2. The van der Waals surface area contributed by atoms with Crippen molar-refractivity contribution in [3.63, 3.8) is 0 Å². The lowest BCUT2D eigenvalue weighted by Crippen LogP contribution is -2.22. The molecule has 4 rings (SSSR count). The van der Waals surface area contributed by atoms with Crippen molar-refractivity contribution in [2.75, 3.05) is 13.2 Å². The normalized spacial score (nSPS) is 17.1. The van der Waals surface area contributed by atoms with Crippen LogP contribution in [0.2, 0.25) is 0 Å². The van der Waals surface area contributed by atoms with Gasteiger partial charge < -0.3 is 14.2 Å². The standard InChI is InChI=1S/C33H37F3O3/c1-3-5-19-37-26-12-8-24(9-13-26)28-16-17-29(33(36)32(28)35)25-10-14-27(15-11-25)39-22-23-7-18-31(30(34)21-23)38-20-6-4-2/h4,7,10-11,14-18,21,24,26H,2-3,5-6,8-9,12-13,19-20,22H2,1H3. The number of ether oxygens (including phenoxy) is 3. The van der Waals surface area contributed by atoms with Crippen molar-refractivity contribution in [3.8, 4) is 22.6 Å². The van der Waals surface area contributed by atoms with Crippen LogP contribution < -0.4 is 9.47 Å². The molecule has 3 aromatic rings. The molecule has 0 unspecified atom stereocenters. The highest BCUT2D eigenvalue weighted by Gasteiger charge is 2.27. The van der Waals surface area contributed by atoms with Gasteiger partial charge in [-0.3, -0.25) is 0 Å². The van der Waals surface area contributed by atoms with Crippen LogP contribution in [0.25, 0.3) is 11.1 Å². The van der Waals surface area contributed by atoms with Crippen LogP contribution in [0.5, 0.6) is 11.5 Å². The number of halogens is 3. The van der Waals surface area contributed by atoms with Gasteiger partial charge in [-0.25, -0.2) is 13.2 Å². The molecule has 1 fully saturated rings. The first-order valence-corrected chi connectivity index (χ1v) is 13.8. The summed E-state index contributed by atoms with van der Waals surface area (Å²) in [6, 6.07) is 14.9. The van der Waals surface area contributed by atoms with Crippen molar-refractivity contribution < 1.29 is 27.4 Å². The van der Waals surface area contributed by atoms with Crippen LogP contribution in [0.1, 0.15) is 68.9 Å². The Morgan fingerprint density at radius 1 is 0.872 bits per heavy atom. The summed E-state index contributed by atoms with van der Waals surface area (Å²) in [5.74, 6) is -1.30. The molecular formula is C33H37F3O3. The summed E-state index contributed by atoms with van der Waals surface area (Å²) >= 11 is 0. The third-order valence-electron chi connectivity index (χ3n) is 7.22. The third kappa shape index (κ3) is 7.66. The molecule has 1 aliphatic carbocycles. The smallest absolute Gasteiger partial charge is 0.166 e. The Bertz CT molecular complexity index is 1220. The molecule has 0 spiro atoms. The highest BCUT2D eigenvalue weighted by atomic mass is 19.2. The Morgan fingerprint density at radius 3 is 2.33 bits per heavy atom.